The van der Waals surface area contributed by atoms with Crippen LogP contribution in [0.25, 0.3) is 0 Å². The number of carbonyl (C=O) groups is 1. The summed E-state index contributed by atoms with van der Waals surface area (Å²) in [5.41, 5.74) is 1.66. The maximum absolute atomic E-state index is 12.3. The van der Waals surface area contributed by atoms with Gasteiger partial charge in [0.05, 0.1) is 5.69 Å². The summed E-state index contributed by atoms with van der Waals surface area (Å²) in [5.74, 6) is 0.653. The highest BCUT2D eigenvalue weighted by atomic mass is 32.1. The molecule has 0 atom stereocenters. The molecule has 0 bridgehead atoms. The lowest BCUT2D eigenvalue weighted by Gasteiger charge is -2.03. The van der Waals surface area contributed by atoms with Gasteiger partial charge in [0.2, 0.25) is 0 Å². The summed E-state index contributed by atoms with van der Waals surface area (Å²) in [6.45, 7) is 4.41. The van der Waals surface area contributed by atoms with Crippen molar-refractivity contribution in [3.05, 3.63) is 56.9 Å². The minimum Gasteiger partial charge on any atom is -0.351 e. The van der Waals surface area contributed by atoms with Crippen molar-refractivity contribution in [2.24, 2.45) is 0 Å². The van der Waals surface area contributed by atoms with E-state index in [2.05, 4.69) is 26.7 Å². The predicted molar refractivity (Wildman–Crippen MR) is 99.5 cm³/mol. The van der Waals surface area contributed by atoms with E-state index < -0.39 is 0 Å². The summed E-state index contributed by atoms with van der Waals surface area (Å²) >= 11 is 3.05. The van der Waals surface area contributed by atoms with Crippen LogP contribution in [0, 0.1) is 13.8 Å². The van der Waals surface area contributed by atoms with Crippen LogP contribution in [0.15, 0.2) is 35.7 Å². The van der Waals surface area contributed by atoms with E-state index in [1.807, 2.05) is 43.5 Å². The van der Waals surface area contributed by atoms with Gasteiger partial charge < -0.3 is 10.6 Å². The molecule has 0 saturated heterocycles. The molecular weight excluding hydrogens is 340 g/mol. The molecular formula is C17H18N4OS2. The van der Waals surface area contributed by atoms with Gasteiger partial charge in [-0.25, -0.2) is 9.97 Å². The molecule has 0 aromatic carbocycles. The molecule has 0 saturated carbocycles. The number of thiophene rings is 1. The number of nitrogens with zero attached hydrogens (tertiary/aromatic N) is 2. The van der Waals surface area contributed by atoms with Crippen molar-refractivity contribution in [1.29, 1.82) is 0 Å². The maximum atomic E-state index is 12.3. The number of hydrogen-bond acceptors (Lipinski definition) is 6. The second-order valence-corrected chi connectivity index (χ2v) is 7.34. The van der Waals surface area contributed by atoms with E-state index in [-0.39, 0.29) is 5.91 Å². The van der Waals surface area contributed by atoms with Gasteiger partial charge in [0.15, 0.2) is 5.13 Å². The molecule has 124 valence electrons. The Morgan fingerprint density at radius 3 is 2.79 bits per heavy atom. The van der Waals surface area contributed by atoms with E-state index in [1.54, 1.807) is 11.3 Å². The second-order valence-electron chi connectivity index (χ2n) is 5.31. The minimum atomic E-state index is -0.0770. The molecule has 24 heavy (non-hydrogen) atoms. The highest BCUT2D eigenvalue weighted by Crippen LogP contribution is 2.25. The lowest BCUT2D eigenvalue weighted by atomic mass is 10.3. The molecule has 7 heteroatoms. The molecule has 0 unspecified atom stereocenters. The second kappa shape index (κ2) is 7.55. The number of hydrogen-bond donors (Lipinski definition) is 2. The average Bonchev–Trinajstić information content (AvgIpc) is 3.17. The van der Waals surface area contributed by atoms with Gasteiger partial charge in [-0.05, 0) is 43.8 Å². The fourth-order valence-corrected chi connectivity index (χ4v) is 3.82. The lowest BCUT2D eigenvalue weighted by molar-refractivity contribution is 0.0957. The third kappa shape index (κ3) is 4.18. The number of aromatic nitrogens is 2. The largest absolute Gasteiger partial charge is 0.351 e. The van der Waals surface area contributed by atoms with Crippen LogP contribution in [0.5, 0.6) is 0 Å². The van der Waals surface area contributed by atoms with E-state index in [0.717, 1.165) is 23.6 Å². The summed E-state index contributed by atoms with van der Waals surface area (Å²) in [6, 6.07) is 9.84. The van der Waals surface area contributed by atoms with Crippen LogP contribution >= 0.6 is 22.7 Å². The number of rotatable bonds is 6. The molecule has 3 aromatic heterocycles. The van der Waals surface area contributed by atoms with Crippen LogP contribution in [0.4, 0.5) is 10.9 Å². The fourth-order valence-electron chi connectivity index (χ4n) is 2.22. The zero-order valence-electron chi connectivity index (χ0n) is 13.5. The van der Waals surface area contributed by atoms with Crippen LogP contribution in [0.2, 0.25) is 0 Å². The Hall–Kier alpha value is -2.25. The van der Waals surface area contributed by atoms with Crippen molar-refractivity contribution < 1.29 is 4.79 Å². The normalized spacial score (nSPS) is 10.6. The predicted octanol–water partition coefficient (Wildman–Crippen LogP) is 3.93. The lowest BCUT2D eigenvalue weighted by Crippen LogP contribution is -2.25. The zero-order valence-corrected chi connectivity index (χ0v) is 15.1. The average molecular weight is 358 g/mol. The number of amides is 1. The first-order chi connectivity index (χ1) is 11.6. The number of aryl methyl sites for hydroxylation is 2. The van der Waals surface area contributed by atoms with Gasteiger partial charge in [-0.1, -0.05) is 23.5 Å². The van der Waals surface area contributed by atoms with E-state index in [0.29, 0.717) is 16.6 Å². The van der Waals surface area contributed by atoms with Gasteiger partial charge >= 0.3 is 0 Å². The topological polar surface area (TPSA) is 66.9 Å². The summed E-state index contributed by atoms with van der Waals surface area (Å²) in [5, 5.41) is 8.83. The van der Waals surface area contributed by atoms with E-state index in [1.165, 1.54) is 16.2 Å². The summed E-state index contributed by atoms with van der Waals surface area (Å²) in [6.07, 6.45) is 0.847. The Kier molecular flexibility index (Phi) is 5.22. The Bertz CT molecular complexity index is 827. The van der Waals surface area contributed by atoms with Crippen LogP contribution in [0.3, 0.4) is 0 Å². The Morgan fingerprint density at radius 2 is 2.04 bits per heavy atom. The first-order valence-electron chi connectivity index (χ1n) is 7.60. The third-order valence-corrected chi connectivity index (χ3v) is 5.37. The molecule has 1 amide bonds. The number of anilines is 2. The van der Waals surface area contributed by atoms with Crippen molar-refractivity contribution >= 4 is 39.5 Å². The first kappa shape index (κ1) is 16.6. The van der Waals surface area contributed by atoms with Crippen molar-refractivity contribution in [2.45, 2.75) is 20.3 Å². The number of nitrogens with one attached hydrogen (secondary N) is 2. The van der Waals surface area contributed by atoms with Gasteiger partial charge in [0.25, 0.3) is 5.91 Å². The molecule has 0 aliphatic carbocycles. The molecule has 3 heterocycles. The third-order valence-electron chi connectivity index (χ3n) is 3.36. The van der Waals surface area contributed by atoms with Crippen molar-refractivity contribution in [2.75, 3.05) is 11.9 Å². The van der Waals surface area contributed by atoms with Crippen LogP contribution < -0.4 is 10.6 Å². The summed E-state index contributed by atoms with van der Waals surface area (Å²) in [7, 11) is 0. The Labute approximate surface area is 148 Å². The quantitative estimate of drug-likeness (QED) is 0.700. The molecule has 0 aliphatic heterocycles. The van der Waals surface area contributed by atoms with Crippen LogP contribution in [-0.4, -0.2) is 22.4 Å². The van der Waals surface area contributed by atoms with Gasteiger partial charge in [-0.3, -0.25) is 4.79 Å². The highest BCUT2D eigenvalue weighted by Gasteiger charge is 2.15. The molecule has 3 rings (SSSR count). The molecule has 0 fully saturated rings. The SMILES string of the molecule is Cc1cccc(Nc2nc(C)c(C(=O)NCCc3cccs3)s2)n1. The van der Waals surface area contributed by atoms with Crippen molar-refractivity contribution in [3.8, 4) is 0 Å². The molecule has 3 aromatic rings. The number of thiazole rings is 1. The summed E-state index contributed by atoms with van der Waals surface area (Å²) in [4.78, 5) is 23.0. The summed E-state index contributed by atoms with van der Waals surface area (Å²) < 4.78 is 0. The highest BCUT2D eigenvalue weighted by molar-refractivity contribution is 7.17. The standard InChI is InChI=1S/C17H18N4OS2/c1-11-5-3-7-14(19-11)21-17-20-12(2)15(24-17)16(22)18-9-8-13-6-4-10-23-13/h3-7,10H,8-9H2,1-2H3,(H,18,22)(H,19,20,21). The maximum Gasteiger partial charge on any atom is 0.263 e. The number of pyridine rings is 1. The minimum absolute atomic E-state index is 0.0770. The fraction of sp³-hybridized carbons (Fsp3) is 0.235. The monoisotopic (exact) mass is 358 g/mol. The zero-order chi connectivity index (χ0) is 16.9. The van der Waals surface area contributed by atoms with Gasteiger partial charge in [-0.15, -0.1) is 11.3 Å². The van der Waals surface area contributed by atoms with E-state index in [4.69, 9.17) is 0 Å². The van der Waals surface area contributed by atoms with Gasteiger partial charge in [0, 0.05) is 17.1 Å². The first-order valence-corrected chi connectivity index (χ1v) is 9.30. The Balaban J connectivity index is 1.61. The molecule has 2 N–H and O–H groups in total. The number of carbonyl (C=O) groups excluding carboxylic acids is 1. The molecule has 0 radical (unpaired) electrons. The van der Waals surface area contributed by atoms with E-state index >= 15 is 0 Å². The van der Waals surface area contributed by atoms with Crippen LogP contribution in [0.1, 0.15) is 25.9 Å². The molecule has 0 aliphatic rings. The van der Waals surface area contributed by atoms with E-state index in [9.17, 15) is 4.79 Å². The van der Waals surface area contributed by atoms with Gasteiger partial charge in [0.1, 0.15) is 10.7 Å². The van der Waals surface area contributed by atoms with Crippen LogP contribution in [-0.2, 0) is 6.42 Å². The molecule has 5 nitrogen and oxygen atoms in total. The Morgan fingerprint density at radius 1 is 1.17 bits per heavy atom. The van der Waals surface area contributed by atoms with Gasteiger partial charge in [-0.2, -0.15) is 0 Å². The van der Waals surface area contributed by atoms with Crippen molar-refractivity contribution in [1.82, 2.24) is 15.3 Å². The van der Waals surface area contributed by atoms with Crippen molar-refractivity contribution in [3.63, 3.8) is 0 Å². The smallest absolute Gasteiger partial charge is 0.263 e. The molecule has 0 spiro atoms.